The number of aryl methyl sites for hydroxylation is 2. The van der Waals surface area contributed by atoms with E-state index in [4.69, 9.17) is 0 Å². The van der Waals surface area contributed by atoms with E-state index in [2.05, 4.69) is 29.0 Å². The Labute approximate surface area is 107 Å². The van der Waals surface area contributed by atoms with Crippen molar-refractivity contribution in [1.82, 2.24) is 9.97 Å². The fraction of sp³-hybridized carbons (Fsp3) is 0.333. The zero-order valence-electron chi connectivity index (χ0n) is 11.1. The molecule has 1 aromatic heterocycles. The SMILES string of the molecule is CCc1ccc(-c2nc(CC)[nH]c(=O)c2C)cc1. The van der Waals surface area contributed by atoms with Crippen molar-refractivity contribution < 1.29 is 0 Å². The van der Waals surface area contributed by atoms with Crippen LogP contribution in [-0.2, 0) is 12.8 Å². The van der Waals surface area contributed by atoms with Gasteiger partial charge in [-0.25, -0.2) is 4.98 Å². The van der Waals surface area contributed by atoms with E-state index >= 15 is 0 Å². The number of rotatable bonds is 3. The van der Waals surface area contributed by atoms with Crippen LogP contribution >= 0.6 is 0 Å². The largest absolute Gasteiger partial charge is 0.310 e. The third-order valence-corrected chi connectivity index (χ3v) is 3.17. The van der Waals surface area contributed by atoms with Crippen LogP contribution in [0, 0.1) is 6.92 Å². The monoisotopic (exact) mass is 242 g/mol. The number of H-pyrrole nitrogens is 1. The van der Waals surface area contributed by atoms with E-state index in [1.807, 2.05) is 26.0 Å². The number of nitrogens with one attached hydrogen (secondary N) is 1. The highest BCUT2D eigenvalue weighted by atomic mass is 16.1. The van der Waals surface area contributed by atoms with Crippen molar-refractivity contribution in [1.29, 1.82) is 0 Å². The molecule has 94 valence electrons. The highest BCUT2D eigenvalue weighted by molar-refractivity contribution is 5.62. The van der Waals surface area contributed by atoms with Gasteiger partial charge >= 0.3 is 0 Å². The smallest absolute Gasteiger partial charge is 0.254 e. The summed E-state index contributed by atoms with van der Waals surface area (Å²) in [4.78, 5) is 19.1. The highest BCUT2D eigenvalue weighted by Crippen LogP contribution is 2.19. The second-order valence-electron chi connectivity index (χ2n) is 4.39. The number of nitrogens with zero attached hydrogens (tertiary/aromatic N) is 1. The van der Waals surface area contributed by atoms with Crippen LogP contribution in [0.2, 0.25) is 0 Å². The van der Waals surface area contributed by atoms with Crippen LogP contribution in [0.4, 0.5) is 0 Å². The van der Waals surface area contributed by atoms with Crippen LogP contribution in [0.1, 0.15) is 30.8 Å². The van der Waals surface area contributed by atoms with Gasteiger partial charge in [0, 0.05) is 17.5 Å². The third kappa shape index (κ3) is 2.35. The Morgan fingerprint density at radius 1 is 1.11 bits per heavy atom. The van der Waals surface area contributed by atoms with Gasteiger partial charge in [-0.05, 0) is 18.9 Å². The number of hydrogen-bond acceptors (Lipinski definition) is 2. The molecule has 0 atom stereocenters. The van der Waals surface area contributed by atoms with E-state index < -0.39 is 0 Å². The van der Waals surface area contributed by atoms with Crippen molar-refractivity contribution in [2.24, 2.45) is 0 Å². The summed E-state index contributed by atoms with van der Waals surface area (Å²) >= 11 is 0. The summed E-state index contributed by atoms with van der Waals surface area (Å²) in [6, 6.07) is 8.24. The molecule has 3 nitrogen and oxygen atoms in total. The fourth-order valence-electron chi connectivity index (χ4n) is 1.93. The number of aromatic nitrogens is 2. The summed E-state index contributed by atoms with van der Waals surface area (Å²) in [7, 11) is 0. The zero-order valence-corrected chi connectivity index (χ0v) is 11.1. The molecule has 0 saturated carbocycles. The van der Waals surface area contributed by atoms with Crippen LogP contribution in [0.5, 0.6) is 0 Å². The van der Waals surface area contributed by atoms with E-state index in [0.717, 1.165) is 29.9 Å². The predicted octanol–water partition coefficient (Wildman–Crippen LogP) is 2.87. The van der Waals surface area contributed by atoms with Gasteiger partial charge in [0.05, 0.1) is 5.69 Å². The first-order valence-electron chi connectivity index (χ1n) is 6.34. The van der Waals surface area contributed by atoms with E-state index in [-0.39, 0.29) is 5.56 Å². The minimum absolute atomic E-state index is 0.0450. The molecule has 0 aliphatic rings. The van der Waals surface area contributed by atoms with Gasteiger partial charge in [0.15, 0.2) is 0 Å². The Morgan fingerprint density at radius 3 is 2.33 bits per heavy atom. The normalized spacial score (nSPS) is 10.6. The van der Waals surface area contributed by atoms with Gasteiger partial charge < -0.3 is 4.98 Å². The topological polar surface area (TPSA) is 45.8 Å². The summed E-state index contributed by atoms with van der Waals surface area (Å²) in [5.74, 6) is 0.736. The first-order valence-corrected chi connectivity index (χ1v) is 6.34. The standard InChI is InChI=1S/C15H18N2O/c1-4-11-6-8-12(9-7-11)14-10(3)15(18)17-13(5-2)16-14/h6-9H,4-5H2,1-3H3,(H,16,17,18). The lowest BCUT2D eigenvalue weighted by molar-refractivity contribution is 0.912. The molecule has 2 aromatic rings. The Morgan fingerprint density at radius 2 is 1.78 bits per heavy atom. The molecule has 0 bridgehead atoms. The number of hydrogen-bond donors (Lipinski definition) is 1. The Hall–Kier alpha value is -1.90. The van der Waals surface area contributed by atoms with Crippen molar-refractivity contribution in [3.05, 3.63) is 51.6 Å². The van der Waals surface area contributed by atoms with Crippen molar-refractivity contribution in [3.8, 4) is 11.3 Å². The molecule has 0 aliphatic carbocycles. The average molecular weight is 242 g/mol. The van der Waals surface area contributed by atoms with Crippen LogP contribution in [0.25, 0.3) is 11.3 Å². The van der Waals surface area contributed by atoms with E-state index in [9.17, 15) is 4.79 Å². The molecule has 0 unspecified atom stereocenters. The van der Waals surface area contributed by atoms with Gasteiger partial charge in [-0.2, -0.15) is 0 Å². The minimum Gasteiger partial charge on any atom is -0.310 e. The molecular formula is C15H18N2O. The van der Waals surface area contributed by atoms with Gasteiger partial charge in [-0.3, -0.25) is 4.79 Å². The lowest BCUT2D eigenvalue weighted by atomic mass is 10.0. The molecule has 0 amide bonds. The van der Waals surface area contributed by atoms with Crippen LogP contribution in [0.3, 0.4) is 0 Å². The van der Waals surface area contributed by atoms with Crippen molar-refractivity contribution in [2.75, 3.05) is 0 Å². The van der Waals surface area contributed by atoms with Crippen molar-refractivity contribution >= 4 is 0 Å². The first-order chi connectivity index (χ1) is 8.65. The van der Waals surface area contributed by atoms with E-state index in [1.54, 1.807) is 0 Å². The Balaban J connectivity index is 2.55. The molecule has 1 N–H and O–H groups in total. The molecule has 3 heteroatoms. The van der Waals surface area contributed by atoms with E-state index in [1.165, 1.54) is 5.56 Å². The number of benzene rings is 1. The maximum atomic E-state index is 11.8. The van der Waals surface area contributed by atoms with Crippen LogP contribution in [-0.4, -0.2) is 9.97 Å². The third-order valence-electron chi connectivity index (χ3n) is 3.17. The quantitative estimate of drug-likeness (QED) is 0.899. The molecule has 0 fully saturated rings. The van der Waals surface area contributed by atoms with Crippen molar-refractivity contribution in [3.63, 3.8) is 0 Å². The molecule has 0 saturated heterocycles. The summed E-state index contributed by atoms with van der Waals surface area (Å²) < 4.78 is 0. The fourth-order valence-corrected chi connectivity index (χ4v) is 1.93. The maximum absolute atomic E-state index is 11.8. The molecule has 2 rings (SSSR count). The minimum atomic E-state index is -0.0450. The lowest BCUT2D eigenvalue weighted by Crippen LogP contribution is -2.15. The second kappa shape index (κ2) is 5.17. The highest BCUT2D eigenvalue weighted by Gasteiger charge is 2.08. The van der Waals surface area contributed by atoms with Gasteiger partial charge in [-0.1, -0.05) is 38.1 Å². The predicted molar refractivity (Wildman–Crippen MR) is 73.8 cm³/mol. The summed E-state index contributed by atoms with van der Waals surface area (Å²) in [6.07, 6.45) is 1.75. The van der Waals surface area contributed by atoms with Crippen LogP contribution < -0.4 is 5.56 Å². The second-order valence-corrected chi connectivity index (χ2v) is 4.39. The lowest BCUT2D eigenvalue weighted by Gasteiger charge is -2.07. The van der Waals surface area contributed by atoms with Crippen LogP contribution in [0.15, 0.2) is 29.1 Å². The zero-order chi connectivity index (χ0) is 13.1. The number of aromatic amines is 1. The van der Waals surface area contributed by atoms with Gasteiger partial charge in [0.1, 0.15) is 5.82 Å². The molecule has 1 aromatic carbocycles. The molecular weight excluding hydrogens is 224 g/mol. The molecule has 0 spiro atoms. The average Bonchev–Trinajstić information content (AvgIpc) is 2.42. The first kappa shape index (κ1) is 12.6. The maximum Gasteiger partial charge on any atom is 0.254 e. The molecule has 0 aliphatic heterocycles. The molecule has 1 heterocycles. The van der Waals surface area contributed by atoms with Gasteiger partial charge in [0.25, 0.3) is 5.56 Å². The Bertz CT molecular complexity index is 597. The molecule has 0 radical (unpaired) electrons. The summed E-state index contributed by atoms with van der Waals surface area (Å²) in [6.45, 7) is 5.92. The Kier molecular flexibility index (Phi) is 3.60. The molecule has 18 heavy (non-hydrogen) atoms. The van der Waals surface area contributed by atoms with Gasteiger partial charge in [0.2, 0.25) is 0 Å². The van der Waals surface area contributed by atoms with Crippen molar-refractivity contribution in [2.45, 2.75) is 33.6 Å². The van der Waals surface area contributed by atoms with Gasteiger partial charge in [-0.15, -0.1) is 0 Å². The van der Waals surface area contributed by atoms with E-state index in [0.29, 0.717) is 5.56 Å². The summed E-state index contributed by atoms with van der Waals surface area (Å²) in [5, 5.41) is 0. The summed E-state index contributed by atoms with van der Waals surface area (Å²) in [5.41, 5.74) is 3.72.